The molecule has 0 atom stereocenters. The molecule has 0 aliphatic carbocycles. The van der Waals surface area contributed by atoms with Gasteiger partial charge in [0.05, 0.1) is 0 Å². The second kappa shape index (κ2) is 6.85. The molecule has 0 aliphatic heterocycles. The molecule has 0 saturated heterocycles. The van der Waals surface area contributed by atoms with Crippen LogP contribution in [0.5, 0.6) is 0 Å². The van der Waals surface area contributed by atoms with E-state index in [1.54, 1.807) is 26.8 Å². The molecule has 0 aromatic carbocycles. The Hall–Kier alpha value is -1.41. The molecule has 0 spiro atoms. The van der Waals surface area contributed by atoms with E-state index < -0.39 is 16.0 Å². The van der Waals surface area contributed by atoms with Crippen molar-refractivity contribution >= 4 is 16.0 Å². The standard InChI is InChI=1S/C12H20N2O5S/c1-9(2)14(6-4-5-12(15)16)20(17,18)8-11-7-10(3)19-13-11/h7,9H,4-6,8H2,1-3H3,(H,15,16). The highest BCUT2D eigenvalue weighted by atomic mass is 32.2. The van der Waals surface area contributed by atoms with Crippen molar-refractivity contribution in [1.82, 2.24) is 9.46 Å². The maximum absolute atomic E-state index is 12.3. The molecule has 1 aromatic rings. The smallest absolute Gasteiger partial charge is 0.303 e. The number of rotatable bonds is 8. The third-order valence-electron chi connectivity index (χ3n) is 2.71. The molecular formula is C12H20N2O5S. The van der Waals surface area contributed by atoms with Gasteiger partial charge >= 0.3 is 5.97 Å². The average molecular weight is 304 g/mol. The normalized spacial score (nSPS) is 12.2. The fraction of sp³-hybridized carbons (Fsp3) is 0.667. The van der Waals surface area contributed by atoms with Crippen molar-refractivity contribution in [3.8, 4) is 0 Å². The number of aryl methyl sites for hydroxylation is 1. The zero-order chi connectivity index (χ0) is 15.3. The van der Waals surface area contributed by atoms with Gasteiger partial charge < -0.3 is 9.63 Å². The largest absolute Gasteiger partial charge is 0.481 e. The summed E-state index contributed by atoms with van der Waals surface area (Å²) in [5, 5.41) is 12.3. The fourth-order valence-electron chi connectivity index (χ4n) is 1.86. The Morgan fingerprint density at radius 2 is 2.15 bits per heavy atom. The molecule has 0 saturated carbocycles. The average Bonchev–Trinajstić information content (AvgIpc) is 2.68. The molecule has 0 radical (unpaired) electrons. The number of nitrogens with zero attached hydrogens (tertiary/aromatic N) is 2. The van der Waals surface area contributed by atoms with E-state index in [0.29, 0.717) is 11.5 Å². The van der Waals surface area contributed by atoms with E-state index in [0.717, 1.165) is 0 Å². The molecule has 8 heteroatoms. The number of aliphatic carboxylic acids is 1. The third-order valence-corrected chi connectivity index (χ3v) is 4.69. The van der Waals surface area contributed by atoms with Gasteiger partial charge in [-0.3, -0.25) is 4.79 Å². The number of carboxylic acids is 1. The SMILES string of the molecule is Cc1cc(CS(=O)(=O)N(CCCC(=O)O)C(C)C)no1. The molecule has 0 amide bonds. The lowest BCUT2D eigenvalue weighted by Gasteiger charge is -2.25. The highest BCUT2D eigenvalue weighted by Gasteiger charge is 2.26. The van der Waals surface area contributed by atoms with E-state index in [2.05, 4.69) is 5.16 Å². The lowest BCUT2D eigenvalue weighted by Crippen LogP contribution is -2.38. The monoisotopic (exact) mass is 304 g/mol. The summed E-state index contributed by atoms with van der Waals surface area (Å²) in [7, 11) is -3.54. The van der Waals surface area contributed by atoms with Crippen LogP contribution in [0.1, 0.15) is 38.1 Å². The second-order valence-corrected chi connectivity index (χ2v) is 6.81. The van der Waals surface area contributed by atoms with E-state index in [4.69, 9.17) is 9.63 Å². The first kappa shape index (κ1) is 16.6. The van der Waals surface area contributed by atoms with Gasteiger partial charge in [-0.1, -0.05) is 5.16 Å². The minimum Gasteiger partial charge on any atom is -0.481 e. The molecular weight excluding hydrogens is 284 g/mol. The summed E-state index contributed by atoms with van der Waals surface area (Å²) < 4.78 is 30.8. The number of hydrogen-bond donors (Lipinski definition) is 1. The predicted octanol–water partition coefficient (Wildman–Crippen LogP) is 1.39. The van der Waals surface area contributed by atoms with Crippen molar-refractivity contribution in [1.29, 1.82) is 0 Å². The summed E-state index contributed by atoms with van der Waals surface area (Å²) in [5.41, 5.74) is 0.353. The van der Waals surface area contributed by atoms with Crippen LogP contribution in [-0.2, 0) is 20.6 Å². The first-order valence-corrected chi connectivity index (χ1v) is 7.97. The Kier molecular flexibility index (Phi) is 5.70. The molecule has 0 aliphatic rings. The maximum Gasteiger partial charge on any atom is 0.303 e. The Labute approximate surface area is 118 Å². The van der Waals surface area contributed by atoms with E-state index in [1.165, 1.54) is 4.31 Å². The summed E-state index contributed by atoms with van der Waals surface area (Å²) in [6.07, 6.45) is 0.229. The Morgan fingerprint density at radius 1 is 1.50 bits per heavy atom. The van der Waals surface area contributed by atoms with Crippen molar-refractivity contribution in [3.05, 3.63) is 17.5 Å². The maximum atomic E-state index is 12.3. The summed E-state index contributed by atoms with van der Waals surface area (Å²) in [6.45, 7) is 5.39. The molecule has 114 valence electrons. The van der Waals surface area contributed by atoms with Gasteiger partial charge in [-0.05, 0) is 27.2 Å². The molecule has 1 N–H and O–H groups in total. The molecule has 20 heavy (non-hydrogen) atoms. The van der Waals surface area contributed by atoms with Crippen LogP contribution in [0.3, 0.4) is 0 Å². The number of hydrogen-bond acceptors (Lipinski definition) is 5. The van der Waals surface area contributed by atoms with Crippen LogP contribution in [0.25, 0.3) is 0 Å². The van der Waals surface area contributed by atoms with Crippen LogP contribution in [0.15, 0.2) is 10.6 Å². The molecule has 1 heterocycles. The lowest BCUT2D eigenvalue weighted by molar-refractivity contribution is -0.137. The Balaban J connectivity index is 2.75. The Morgan fingerprint density at radius 3 is 2.60 bits per heavy atom. The van der Waals surface area contributed by atoms with E-state index in [-0.39, 0.29) is 31.2 Å². The number of carboxylic acid groups (broad SMARTS) is 1. The summed E-state index contributed by atoms with van der Waals surface area (Å²) in [6, 6.07) is 1.34. The fourth-order valence-corrected chi connectivity index (χ4v) is 3.59. The minimum atomic E-state index is -3.54. The van der Waals surface area contributed by atoms with E-state index in [1.807, 2.05) is 0 Å². The van der Waals surface area contributed by atoms with Crippen molar-refractivity contribution < 1.29 is 22.8 Å². The number of sulfonamides is 1. The van der Waals surface area contributed by atoms with Crippen LogP contribution in [-0.4, -0.2) is 41.5 Å². The minimum absolute atomic E-state index is 0.0538. The zero-order valence-electron chi connectivity index (χ0n) is 11.9. The quantitative estimate of drug-likeness (QED) is 0.779. The van der Waals surface area contributed by atoms with E-state index in [9.17, 15) is 13.2 Å². The first-order chi connectivity index (χ1) is 9.22. The van der Waals surface area contributed by atoms with Gasteiger partial charge in [-0.15, -0.1) is 0 Å². The predicted molar refractivity (Wildman–Crippen MR) is 72.6 cm³/mol. The van der Waals surface area contributed by atoms with E-state index >= 15 is 0 Å². The molecule has 0 fully saturated rings. The van der Waals surface area contributed by atoms with Crippen LogP contribution in [0, 0.1) is 6.92 Å². The van der Waals surface area contributed by atoms with Crippen LogP contribution in [0.4, 0.5) is 0 Å². The Bertz CT molecular complexity index is 550. The van der Waals surface area contributed by atoms with Gasteiger partial charge in [0.25, 0.3) is 0 Å². The number of carbonyl (C=O) groups is 1. The van der Waals surface area contributed by atoms with Gasteiger partial charge in [0.2, 0.25) is 10.0 Å². The van der Waals surface area contributed by atoms with Crippen LogP contribution in [0.2, 0.25) is 0 Å². The second-order valence-electron chi connectivity index (χ2n) is 4.89. The van der Waals surface area contributed by atoms with Gasteiger partial charge in [-0.2, -0.15) is 4.31 Å². The van der Waals surface area contributed by atoms with Crippen molar-refractivity contribution in [2.75, 3.05) is 6.54 Å². The summed E-state index contributed by atoms with van der Waals surface area (Å²) in [5.74, 6) is -0.620. The zero-order valence-corrected chi connectivity index (χ0v) is 12.7. The summed E-state index contributed by atoms with van der Waals surface area (Å²) in [4.78, 5) is 10.5. The molecule has 0 bridgehead atoms. The lowest BCUT2D eigenvalue weighted by atomic mass is 10.3. The molecule has 1 rings (SSSR count). The highest BCUT2D eigenvalue weighted by molar-refractivity contribution is 7.88. The first-order valence-electron chi connectivity index (χ1n) is 6.36. The van der Waals surface area contributed by atoms with Gasteiger partial charge in [0.1, 0.15) is 17.2 Å². The van der Waals surface area contributed by atoms with Crippen molar-refractivity contribution in [3.63, 3.8) is 0 Å². The molecule has 7 nitrogen and oxygen atoms in total. The third kappa shape index (κ3) is 4.93. The molecule has 1 aromatic heterocycles. The van der Waals surface area contributed by atoms with Crippen molar-refractivity contribution in [2.45, 2.75) is 45.4 Å². The van der Waals surface area contributed by atoms with Gasteiger partial charge in [-0.25, -0.2) is 8.42 Å². The van der Waals surface area contributed by atoms with Crippen molar-refractivity contribution in [2.24, 2.45) is 0 Å². The topological polar surface area (TPSA) is 101 Å². The highest BCUT2D eigenvalue weighted by Crippen LogP contribution is 2.15. The van der Waals surface area contributed by atoms with Crippen LogP contribution >= 0.6 is 0 Å². The van der Waals surface area contributed by atoms with Gasteiger partial charge in [0.15, 0.2) is 0 Å². The van der Waals surface area contributed by atoms with Gasteiger partial charge in [0, 0.05) is 25.1 Å². The molecule has 0 unspecified atom stereocenters. The summed E-state index contributed by atoms with van der Waals surface area (Å²) >= 11 is 0. The number of aromatic nitrogens is 1. The van der Waals surface area contributed by atoms with Crippen LogP contribution < -0.4 is 0 Å².